The Morgan fingerprint density at radius 1 is 0.288 bits per heavy atom. The molecule has 0 aliphatic carbocycles. The number of hydrogen-bond donors (Lipinski definition) is 9. The standard InChI is InChI=1S/C23H28N2O5.C15H14O3.C14H18O4.C12H21NO5.C11H15NO2.C8H8O3.C7H12O4.C5H11NO2.CH2O3/c1-3-29-21(26)19(15-17-11-7-5-8-12-17)24-23(28)25-20(22(27)30-4-2)16-18-13-9-6-10-14-18;16-15(17-11-13-7-3-1-4-8-13)18-12-14-9-5-2-6-10-14;1-3-17-14(16)11(2)9-13(15)18-10-12-7-5-4-6-8-12;1-5-17-11(15)8(3)7-10(14)13-9(4)12(16)18-6-2;1-2-14-11(13)10(12)8-9-6-4-3-5-7-9;9-8(10)11-6-7-4-2-1-3-5-7;1-3-11-7(10)5(2)4-6(8)9;1-3-8-5(7)4(2)6;2-1(3)4/h5-14,19-20H,3-4,15-16H2,1-2H3,(H2,24,25,28);1-10H,11-12H2;4-8,11H,3,9-10H2,1-2H3;8-9H,5-7H2,1-4H3,(H,13,14);3-7,10H,2,8,12H2,1H3;1-5H,6H2,(H,9,10);5H,3-4H2,1-2H3,(H,8,9);4H,3,6H2,1-2H3;(H2,2,3,4). The normalized spacial score (nSPS) is 11.6. The number of esters is 9. The van der Waals surface area contributed by atoms with Crippen LogP contribution in [0.1, 0.15) is 148 Å². The van der Waals surface area contributed by atoms with Crippen LogP contribution in [0.4, 0.5) is 19.2 Å². The van der Waals surface area contributed by atoms with Crippen molar-refractivity contribution in [2.45, 2.75) is 185 Å². The van der Waals surface area contributed by atoms with Gasteiger partial charge in [-0.05, 0) is 115 Å². The molecule has 7 rings (SSSR count). The van der Waals surface area contributed by atoms with E-state index in [0.29, 0.717) is 32.8 Å². The topological polar surface area (TPSA) is 536 Å². The van der Waals surface area contributed by atoms with Gasteiger partial charge in [-0.1, -0.05) is 233 Å². The molecule has 0 saturated heterocycles. The maximum Gasteiger partial charge on any atom is 0.508 e. The first-order chi connectivity index (χ1) is 62.9. The fraction of sp³-hybridized carbons (Fsp3) is 0.406. The molecule has 132 heavy (non-hydrogen) atoms. The molecule has 0 heterocycles. The number of rotatable bonds is 39. The van der Waals surface area contributed by atoms with E-state index in [9.17, 15) is 67.1 Å². The molecule has 7 aromatic rings. The van der Waals surface area contributed by atoms with Crippen molar-refractivity contribution in [3.63, 3.8) is 0 Å². The summed E-state index contributed by atoms with van der Waals surface area (Å²) >= 11 is 0. The summed E-state index contributed by atoms with van der Waals surface area (Å²) in [5.74, 6) is -6.76. The maximum atomic E-state index is 12.6. The van der Waals surface area contributed by atoms with Gasteiger partial charge in [-0.2, -0.15) is 0 Å². The molecule has 0 spiro atoms. The lowest BCUT2D eigenvalue weighted by molar-refractivity contribution is -0.154. The van der Waals surface area contributed by atoms with Crippen LogP contribution in [0, 0.1) is 17.8 Å². The quantitative estimate of drug-likeness (QED) is 0.0128. The lowest BCUT2D eigenvalue weighted by atomic mass is 10.1. The van der Waals surface area contributed by atoms with Gasteiger partial charge in [0.25, 0.3) is 0 Å². The van der Waals surface area contributed by atoms with E-state index in [1.54, 1.807) is 76.2 Å². The van der Waals surface area contributed by atoms with E-state index in [2.05, 4.69) is 30.2 Å². The Hall–Kier alpha value is -14.3. The van der Waals surface area contributed by atoms with Crippen LogP contribution in [0.2, 0.25) is 0 Å². The van der Waals surface area contributed by atoms with E-state index in [4.69, 9.17) is 79.3 Å². The van der Waals surface area contributed by atoms with Crippen LogP contribution >= 0.6 is 0 Å². The van der Waals surface area contributed by atoms with Gasteiger partial charge in [-0.15, -0.1) is 0 Å². The third kappa shape index (κ3) is 64.4. The number of carboxylic acid groups (broad SMARTS) is 4. The Labute approximate surface area is 770 Å². The van der Waals surface area contributed by atoms with Crippen molar-refractivity contribution < 1.29 is 149 Å². The first-order valence-electron chi connectivity index (χ1n) is 42.4. The number of aliphatic carboxylic acids is 1. The maximum absolute atomic E-state index is 12.6. The molecule has 36 nitrogen and oxygen atoms in total. The number of ether oxygens (including phenoxy) is 12. The van der Waals surface area contributed by atoms with Crippen molar-refractivity contribution >= 4 is 90.1 Å². The van der Waals surface area contributed by atoms with Crippen LogP contribution in [0.25, 0.3) is 0 Å². The fourth-order valence-corrected chi connectivity index (χ4v) is 9.92. The zero-order valence-corrected chi connectivity index (χ0v) is 77.0. The average molecular weight is 1850 g/mol. The molecule has 11 N–H and O–H groups in total. The summed E-state index contributed by atoms with van der Waals surface area (Å²) in [6.07, 6.45) is -2.78. The Kier molecular flexibility index (Phi) is 68.6. The van der Waals surface area contributed by atoms with E-state index in [-0.39, 0.29) is 115 Å². The van der Waals surface area contributed by atoms with Gasteiger partial charge in [0.15, 0.2) is 0 Å². The molecule has 0 aliphatic heterocycles. The van der Waals surface area contributed by atoms with Crippen molar-refractivity contribution in [2.24, 2.45) is 29.2 Å². The highest BCUT2D eigenvalue weighted by Gasteiger charge is 2.28. The summed E-state index contributed by atoms with van der Waals surface area (Å²) in [4.78, 5) is 167. The number of amides is 3. The largest absolute Gasteiger partial charge is 0.508 e. The van der Waals surface area contributed by atoms with Crippen LogP contribution in [0.3, 0.4) is 0 Å². The second kappa shape index (κ2) is 75.7. The predicted octanol–water partition coefficient (Wildman–Crippen LogP) is 12.9. The van der Waals surface area contributed by atoms with Gasteiger partial charge in [0.1, 0.15) is 56.6 Å². The van der Waals surface area contributed by atoms with Crippen molar-refractivity contribution in [1.82, 2.24) is 16.0 Å². The Morgan fingerprint density at radius 2 is 0.545 bits per heavy atom. The molecule has 724 valence electrons. The predicted molar refractivity (Wildman–Crippen MR) is 485 cm³/mol. The number of hydrogen-bond acceptors (Lipinski definition) is 29. The summed E-state index contributed by atoms with van der Waals surface area (Å²) in [6, 6.07) is 61.7. The van der Waals surface area contributed by atoms with Gasteiger partial charge in [0.2, 0.25) is 5.91 Å². The molecular weight excluding hydrogens is 1720 g/mol. The molecule has 0 saturated carbocycles. The third-order valence-electron chi connectivity index (χ3n) is 16.2. The highest BCUT2D eigenvalue weighted by Crippen LogP contribution is 2.14. The Balaban J connectivity index is 0. The lowest BCUT2D eigenvalue weighted by Crippen LogP contribution is -2.53. The van der Waals surface area contributed by atoms with Gasteiger partial charge in [0, 0.05) is 19.3 Å². The van der Waals surface area contributed by atoms with Crippen LogP contribution in [-0.4, -0.2) is 194 Å². The monoisotopic (exact) mass is 1850 g/mol. The smallest absolute Gasteiger partial charge is 0.481 e. The first kappa shape index (κ1) is 120. The van der Waals surface area contributed by atoms with E-state index >= 15 is 0 Å². The van der Waals surface area contributed by atoms with Gasteiger partial charge in [0.05, 0.1) is 83.5 Å². The number of carbonyl (C=O) groups is 15. The van der Waals surface area contributed by atoms with Crippen molar-refractivity contribution in [3.8, 4) is 0 Å². The second-order valence-electron chi connectivity index (χ2n) is 27.5. The van der Waals surface area contributed by atoms with Crippen molar-refractivity contribution in [2.75, 3.05) is 52.9 Å². The molecule has 36 heteroatoms. The lowest BCUT2D eigenvalue weighted by Gasteiger charge is -2.21. The number of nitrogens with one attached hydrogen (secondary N) is 3. The molecule has 7 aromatic carbocycles. The molecule has 8 unspecified atom stereocenters. The average Bonchev–Trinajstić information content (AvgIpc) is 0.866. The SMILES string of the molecule is CCOC(=O)C(C)CC(=O)NC(C)C(=O)OCC.CCOC(=O)C(C)CC(=O)O.CCOC(=O)C(C)CC(=O)OCc1ccccc1.CCOC(=O)C(C)N.CCOC(=O)C(Cc1ccccc1)NC(=O)NC(Cc1ccccc1)C(=O)OCC.CCOC(=O)C(N)Cc1ccccc1.O=C(O)O.O=C(O)OCc1ccccc1.O=C(OCc1ccccc1)OCc1ccccc1. The van der Waals surface area contributed by atoms with Crippen molar-refractivity contribution in [1.29, 1.82) is 0 Å². The number of benzene rings is 7. The first-order valence-corrected chi connectivity index (χ1v) is 42.4. The molecule has 0 aromatic heterocycles. The summed E-state index contributed by atoms with van der Waals surface area (Å²) in [5, 5.41) is 38.1. The number of carboxylic acids is 1. The highest BCUT2D eigenvalue weighted by atomic mass is 16.7. The van der Waals surface area contributed by atoms with Crippen LogP contribution in [0.15, 0.2) is 212 Å². The molecule has 0 fully saturated rings. The summed E-state index contributed by atoms with van der Waals surface area (Å²) in [5.41, 5.74) is 17.3. The Bertz CT molecular complexity index is 4240. The fourth-order valence-electron chi connectivity index (χ4n) is 9.92. The molecule has 3 amide bonds. The molecular formula is C96H129N5O31. The summed E-state index contributed by atoms with van der Waals surface area (Å²) in [7, 11) is 0. The molecule has 0 radical (unpaired) electrons. The molecule has 8 atom stereocenters. The van der Waals surface area contributed by atoms with Crippen LogP contribution in [0.5, 0.6) is 0 Å². The van der Waals surface area contributed by atoms with E-state index in [0.717, 1.165) is 38.9 Å². The van der Waals surface area contributed by atoms with Crippen LogP contribution < -0.4 is 27.4 Å². The Morgan fingerprint density at radius 3 is 0.841 bits per heavy atom. The third-order valence-corrected chi connectivity index (χ3v) is 16.2. The van der Waals surface area contributed by atoms with E-state index in [1.165, 1.54) is 13.8 Å². The van der Waals surface area contributed by atoms with Crippen molar-refractivity contribution in [3.05, 3.63) is 251 Å². The highest BCUT2D eigenvalue weighted by molar-refractivity contribution is 5.88. The minimum Gasteiger partial charge on any atom is -0.481 e. The number of carbonyl (C=O) groups excluding carboxylic acids is 12. The minimum atomic E-state index is -1.83. The van der Waals surface area contributed by atoms with Gasteiger partial charge < -0.3 is 105 Å². The van der Waals surface area contributed by atoms with Gasteiger partial charge in [-0.3, -0.25) is 38.4 Å². The molecule has 0 bridgehead atoms. The molecule has 0 aliphatic rings. The van der Waals surface area contributed by atoms with Gasteiger partial charge >= 0.3 is 84.2 Å². The number of nitrogens with two attached hydrogens (primary N) is 2. The summed E-state index contributed by atoms with van der Waals surface area (Å²) < 4.78 is 57.9. The zero-order valence-electron chi connectivity index (χ0n) is 77.0. The van der Waals surface area contributed by atoms with E-state index in [1.807, 2.05) is 212 Å². The van der Waals surface area contributed by atoms with Crippen LogP contribution in [-0.2, 0) is 155 Å². The summed E-state index contributed by atoms with van der Waals surface area (Å²) in [6.45, 7) is 24.8. The van der Waals surface area contributed by atoms with Gasteiger partial charge in [-0.25, -0.2) is 33.6 Å². The second-order valence-corrected chi connectivity index (χ2v) is 27.5. The minimum absolute atomic E-state index is 0.0113. The van der Waals surface area contributed by atoms with E-state index < -0.39 is 108 Å². The number of urea groups is 1. The zero-order chi connectivity index (χ0) is 99.4.